The number of nitro groups is 1. The lowest BCUT2D eigenvalue weighted by molar-refractivity contribution is -0.385. The summed E-state index contributed by atoms with van der Waals surface area (Å²) in [6.07, 6.45) is 0.0549. The molecule has 0 aliphatic carbocycles. The third kappa shape index (κ3) is 3.59. The summed E-state index contributed by atoms with van der Waals surface area (Å²) in [7, 11) is 2.72. The predicted molar refractivity (Wildman–Crippen MR) is 98.4 cm³/mol. The van der Waals surface area contributed by atoms with Gasteiger partial charge < -0.3 is 19.2 Å². The summed E-state index contributed by atoms with van der Waals surface area (Å²) >= 11 is 0. The van der Waals surface area contributed by atoms with Gasteiger partial charge in [0.1, 0.15) is 0 Å². The minimum atomic E-state index is -1.01. The van der Waals surface area contributed by atoms with E-state index in [1.165, 1.54) is 20.3 Å². The van der Waals surface area contributed by atoms with Crippen LogP contribution in [-0.2, 0) is 16.0 Å². The number of nitrogens with zero attached hydrogens (tertiary/aromatic N) is 1. The lowest BCUT2D eigenvalue weighted by Crippen LogP contribution is -2.04. The predicted octanol–water partition coefficient (Wildman–Crippen LogP) is 4.04. The molecule has 0 aliphatic heterocycles. The van der Waals surface area contributed by atoms with E-state index in [2.05, 4.69) is 9.72 Å². The van der Waals surface area contributed by atoms with Crippen LogP contribution in [0.3, 0.4) is 0 Å². The smallest absolute Gasteiger partial charge is 0.314 e. The Morgan fingerprint density at radius 1 is 1.18 bits per heavy atom. The van der Waals surface area contributed by atoms with Gasteiger partial charge >= 0.3 is 11.7 Å². The van der Waals surface area contributed by atoms with E-state index in [4.69, 9.17) is 9.47 Å². The molecule has 0 spiro atoms. The molecule has 0 fully saturated rings. The number of rotatable bonds is 6. The lowest BCUT2D eigenvalue weighted by atomic mass is 10.1. The van der Waals surface area contributed by atoms with Gasteiger partial charge in [-0.15, -0.1) is 0 Å². The van der Waals surface area contributed by atoms with Gasteiger partial charge in [-0.25, -0.2) is 0 Å². The molecule has 0 saturated carbocycles. The van der Waals surface area contributed by atoms with Gasteiger partial charge in [0.15, 0.2) is 17.2 Å². The Morgan fingerprint density at radius 3 is 2.57 bits per heavy atom. The first-order valence-corrected chi connectivity index (χ1v) is 8.21. The number of aryl methyl sites for hydroxylation is 1. The SMILES string of the molecule is COC(=O)Cc1ccc(Oc2cc(F)c([N+](=O)[O-])c3cc(C)[nH]c23)c(OC)c1. The number of nitrogens with one attached hydrogen (secondary N) is 1. The molecule has 0 aliphatic rings. The Balaban J connectivity index is 2.04. The molecule has 3 aromatic rings. The second-order valence-electron chi connectivity index (χ2n) is 6.04. The second kappa shape index (κ2) is 7.55. The van der Waals surface area contributed by atoms with Crippen LogP contribution in [0.2, 0.25) is 0 Å². The topological polar surface area (TPSA) is 104 Å². The molecule has 28 heavy (non-hydrogen) atoms. The summed E-state index contributed by atoms with van der Waals surface area (Å²) in [6, 6.07) is 7.26. The first kappa shape index (κ1) is 19.2. The monoisotopic (exact) mass is 388 g/mol. The van der Waals surface area contributed by atoms with E-state index in [1.54, 1.807) is 25.1 Å². The van der Waals surface area contributed by atoms with Crippen LogP contribution in [0.25, 0.3) is 10.9 Å². The van der Waals surface area contributed by atoms with Crippen molar-refractivity contribution in [2.24, 2.45) is 0 Å². The fourth-order valence-corrected chi connectivity index (χ4v) is 2.88. The van der Waals surface area contributed by atoms with Crippen molar-refractivity contribution in [2.75, 3.05) is 14.2 Å². The molecule has 1 heterocycles. The molecule has 0 atom stereocenters. The number of benzene rings is 2. The average Bonchev–Trinajstić information content (AvgIpc) is 3.03. The fraction of sp³-hybridized carbons (Fsp3) is 0.211. The number of methoxy groups -OCH3 is 2. The van der Waals surface area contributed by atoms with Gasteiger partial charge in [-0.2, -0.15) is 4.39 Å². The molecule has 146 valence electrons. The number of nitro benzene ring substituents is 1. The number of ether oxygens (including phenoxy) is 3. The van der Waals surface area contributed by atoms with Crippen molar-refractivity contribution in [1.29, 1.82) is 0 Å². The minimum Gasteiger partial charge on any atom is -0.493 e. The van der Waals surface area contributed by atoms with Crippen LogP contribution in [0.5, 0.6) is 17.2 Å². The third-order valence-electron chi connectivity index (χ3n) is 4.14. The first-order valence-electron chi connectivity index (χ1n) is 8.21. The number of aromatic amines is 1. The number of hydrogen-bond donors (Lipinski definition) is 1. The molecule has 8 nitrogen and oxygen atoms in total. The molecular formula is C19H17FN2O6. The maximum atomic E-state index is 14.4. The minimum absolute atomic E-state index is 0.0549. The van der Waals surface area contributed by atoms with Crippen LogP contribution < -0.4 is 9.47 Å². The summed E-state index contributed by atoms with van der Waals surface area (Å²) in [6.45, 7) is 1.70. The molecule has 9 heteroatoms. The van der Waals surface area contributed by atoms with Gasteiger partial charge in [0.05, 0.1) is 36.5 Å². The van der Waals surface area contributed by atoms with Gasteiger partial charge in [0.2, 0.25) is 5.82 Å². The summed E-state index contributed by atoms with van der Waals surface area (Å²) in [5, 5.41) is 11.3. The van der Waals surface area contributed by atoms with Crippen molar-refractivity contribution in [3.8, 4) is 17.2 Å². The summed E-state index contributed by atoms with van der Waals surface area (Å²) in [5.41, 5.74) is 0.944. The molecular weight excluding hydrogens is 371 g/mol. The van der Waals surface area contributed by atoms with Crippen LogP contribution in [0.15, 0.2) is 30.3 Å². The first-order chi connectivity index (χ1) is 13.3. The van der Waals surface area contributed by atoms with Gasteiger partial charge in [-0.1, -0.05) is 6.07 Å². The molecule has 0 amide bonds. The molecule has 0 unspecified atom stereocenters. The molecule has 1 aromatic heterocycles. The van der Waals surface area contributed by atoms with Crippen LogP contribution >= 0.6 is 0 Å². The highest BCUT2D eigenvalue weighted by Crippen LogP contribution is 2.40. The maximum absolute atomic E-state index is 14.4. The highest BCUT2D eigenvalue weighted by atomic mass is 19.1. The van der Waals surface area contributed by atoms with E-state index in [9.17, 15) is 19.3 Å². The number of fused-ring (bicyclic) bond motifs is 1. The van der Waals surface area contributed by atoms with E-state index in [1.807, 2.05) is 0 Å². The van der Waals surface area contributed by atoms with Crippen molar-refractivity contribution in [3.63, 3.8) is 0 Å². The van der Waals surface area contributed by atoms with Crippen LogP contribution in [-0.4, -0.2) is 30.1 Å². The molecule has 0 radical (unpaired) electrons. The molecule has 1 N–H and O–H groups in total. The van der Waals surface area contributed by atoms with E-state index < -0.39 is 22.4 Å². The van der Waals surface area contributed by atoms with E-state index in [0.717, 1.165) is 6.07 Å². The lowest BCUT2D eigenvalue weighted by Gasteiger charge is -2.13. The van der Waals surface area contributed by atoms with Gasteiger partial charge in [-0.05, 0) is 30.7 Å². The molecule has 0 bridgehead atoms. The number of H-pyrrole nitrogens is 1. The van der Waals surface area contributed by atoms with Crippen molar-refractivity contribution >= 4 is 22.6 Å². The zero-order valence-corrected chi connectivity index (χ0v) is 15.4. The third-order valence-corrected chi connectivity index (χ3v) is 4.14. The van der Waals surface area contributed by atoms with E-state index >= 15 is 0 Å². The Labute approximate surface area is 159 Å². The summed E-state index contributed by atoms with van der Waals surface area (Å²) in [4.78, 5) is 24.8. The summed E-state index contributed by atoms with van der Waals surface area (Å²) < 4.78 is 30.1. The van der Waals surface area contributed by atoms with Gasteiger partial charge in [-0.3, -0.25) is 14.9 Å². The molecule has 3 rings (SSSR count). The fourth-order valence-electron chi connectivity index (χ4n) is 2.88. The number of hydrogen-bond acceptors (Lipinski definition) is 6. The summed E-state index contributed by atoms with van der Waals surface area (Å²) in [5.74, 6) is -0.760. The van der Waals surface area contributed by atoms with Crippen molar-refractivity contribution in [3.05, 3.63) is 57.5 Å². The second-order valence-corrected chi connectivity index (χ2v) is 6.04. The van der Waals surface area contributed by atoms with E-state index in [-0.39, 0.29) is 23.3 Å². The standard InChI is InChI=1S/C19H17FN2O6/c1-10-6-12-18(21-10)16(9-13(20)19(12)22(24)25)28-14-5-4-11(7-15(14)26-2)8-17(23)27-3/h4-7,9,21H,8H2,1-3H3. The molecule has 2 aromatic carbocycles. The van der Waals surface area contributed by atoms with Crippen LogP contribution in [0.4, 0.5) is 10.1 Å². The van der Waals surface area contributed by atoms with Crippen molar-refractivity contribution in [2.45, 2.75) is 13.3 Å². The zero-order chi connectivity index (χ0) is 20.4. The Hall–Kier alpha value is -3.62. The highest BCUT2D eigenvalue weighted by molar-refractivity contribution is 5.94. The number of halogens is 1. The van der Waals surface area contributed by atoms with Crippen molar-refractivity contribution in [1.82, 2.24) is 4.98 Å². The Bertz CT molecular complexity index is 1080. The Kier molecular flexibility index (Phi) is 5.16. The van der Waals surface area contributed by atoms with Gasteiger partial charge in [0.25, 0.3) is 0 Å². The Morgan fingerprint density at radius 2 is 1.93 bits per heavy atom. The molecule has 0 saturated heterocycles. The van der Waals surface area contributed by atoms with Crippen LogP contribution in [0, 0.1) is 22.9 Å². The average molecular weight is 388 g/mol. The van der Waals surface area contributed by atoms with Gasteiger partial charge in [0, 0.05) is 11.8 Å². The highest BCUT2D eigenvalue weighted by Gasteiger charge is 2.24. The van der Waals surface area contributed by atoms with Crippen molar-refractivity contribution < 1.29 is 28.3 Å². The largest absolute Gasteiger partial charge is 0.493 e. The van der Waals surface area contributed by atoms with E-state index in [0.29, 0.717) is 22.5 Å². The number of aromatic nitrogens is 1. The zero-order valence-electron chi connectivity index (χ0n) is 15.4. The number of carbonyl (C=O) groups excluding carboxylic acids is 1. The normalized spacial score (nSPS) is 10.7. The maximum Gasteiger partial charge on any atom is 0.314 e. The number of esters is 1. The number of carbonyl (C=O) groups is 1. The quantitative estimate of drug-likeness (QED) is 0.388. The van der Waals surface area contributed by atoms with Crippen LogP contribution in [0.1, 0.15) is 11.3 Å².